The number of aliphatic hydroxyl groups excluding tert-OH is 1. The summed E-state index contributed by atoms with van der Waals surface area (Å²) in [6.07, 6.45) is 1.62. The predicted octanol–water partition coefficient (Wildman–Crippen LogP) is 2.56. The zero-order valence-electron chi connectivity index (χ0n) is 7.63. The van der Waals surface area contributed by atoms with Crippen LogP contribution < -0.4 is 0 Å². The Hall–Kier alpha value is -0.600. The number of hydrogen-bond acceptors (Lipinski definition) is 2. The molecule has 0 aromatic carbocycles. The lowest BCUT2D eigenvalue weighted by atomic mass is 10.2. The van der Waals surface area contributed by atoms with Crippen molar-refractivity contribution in [2.75, 3.05) is 0 Å². The Bertz CT molecular complexity index is 218. The molecular weight excluding hydrogens is 174 g/mol. The van der Waals surface area contributed by atoms with Gasteiger partial charge in [-0.05, 0) is 18.6 Å². The highest BCUT2D eigenvalue weighted by Gasteiger charge is 2.01. The molecule has 0 spiro atoms. The summed E-state index contributed by atoms with van der Waals surface area (Å²) in [6, 6.07) is 1.82. The highest BCUT2D eigenvalue weighted by atomic mass is 35.5. The first kappa shape index (κ1) is 11.4. The van der Waals surface area contributed by atoms with Gasteiger partial charge in [-0.2, -0.15) is 0 Å². The largest absolute Gasteiger partial charge is 0.392 e. The maximum Gasteiger partial charge on any atom is 0.134 e. The van der Waals surface area contributed by atoms with E-state index in [4.69, 9.17) is 16.7 Å². The van der Waals surface area contributed by atoms with E-state index < -0.39 is 0 Å². The first-order valence-electron chi connectivity index (χ1n) is 3.96. The van der Waals surface area contributed by atoms with Crippen molar-refractivity contribution in [3.05, 3.63) is 28.5 Å². The average molecular weight is 188 g/mol. The lowest BCUT2D eigenvalue weighted by Crippen LogP contribution is -1.91. The van der Waals surface area contributed by atoms with Crippen LogP contribution in [0.25, 0.3) is 0 Å². The molecule has 1 rings (SSSR count). The fourth-order valence-electron chi connectivity index (χ4n) is 0.746. The summed E-state index contributed by atoms with van der Waals surface area (Å²) < 4.78 is 0. The second-order valence-electron chi connectivity index (χ2n) is 2.06. The molecule has 0 saturated heterocycles. The standard InChI is InChI=1S/C7H8ClNO.C2H6/c1-5-2-3-9-7(8)6(5)4-10;1-2/h2-3,10H,4H2,1H3;1-2H3. The Labute approximate surface area is 78.2 Å². The van der Waals surface area contributed by atoms with Gasteiger partial charge in [0.1, 0.15) is 5.15 Å². The van der Waals surface area contributed by atoms with Crippen molar-refractivity contribution in [1.29, 1.82) is 0 Å². The van der Waals surface area contributed by atoms with Crippen LogP contribution in [0.5, 0.6) is 0 Å². The number of pyridine rings is 1. The molecule has 0 unspecified atom stereocenters. The van der Waals surface area contributed by atoms with Gasteiger partial charge in [0.05, 0.1) is 6.61 Å². The molecule has 2 nitrogen and oxygen atoms in total. The highest BCUT2D eigenvalue weighted by molar-refractivity contribution is 6.30. The molecule has 1 aromatic heterocycles. The zero-order chi connectivity index (χ0) is 9.56. The minimum atomic E-state index is -0.0431. The van der Waals surface area contributed by atoms with Gasteiger partial charge in [-0.3, -0.25) is 0 Å². The van der Waals surface area contributed by atoms with Crippen molar-refractivity contribution in [3.8, 4) is 0 Å². The number of hydrogen-bond donors (Lipinski definition) is 1. The smallest absolute Gasteiger partial charge is 0.134 e. The van der Waals surface area contributed by atoms with Crippen molar-refractivity contribution >= 4 is 11.6 Å². The van der Waals surface area contributed by atoms with Gasteiger partial charge in [0, 0.05) is 11.8 Å². The summed E-state index contributed by atoms with van der Waals surface area (Å²) in [4.78, 5) is 3.82. The molecule has 1 aromatic rings. The Kier molecular flexibility index (Phi) is 5.68. The van der Waals surface area contributed by atoms with Crippen LogP contribution in [0.3, 0.4) is 0 Å². The second-order valence-corrected chi connectivity index (χ2v) is 2.41. The maximum atomic E-state index is 8.77. The van der Waals surface area contributed by atoms with Gasteiger partial charge < -0.3 is 5.11 Å². The number of aromatic nitrogens is 1. The Balaban J connectivity index is 0.000000561. The molecule has 1 N–H and O–H groups in total. The van der Waals surface area contributed by atoms with Gasteiger partial charge >= 0.3 is 0 Å². The number of aliphatic hydroxyl groups is 1. The first-order valence-corrected chi connectivity index (χ1v) is 4.34. The fraction of sp³-hybridized carbons (Fsp3) is 0.444. The second kappa shape index (κ2) is 5.98. The Morgan fingerprint density at radius 3 is 2.42 bits per heavy atom. The lowest BCUT2D eigenvalue weighted by molar-refractivity contribution is 0.280. The third-order valence-electron chi connectivity index (χ3n) is 1.40. The zero-order valence-corrected chi connectivity index (χ0v) is 8.39. The molecule has 12 heavy (non-hydrogen) atoms. The van der Waals surface area contributed by atoms with Gasteiger partial charge in [0.25, 0.3) is 0 Å². The van der Waals surface area contributed by atoms with Crippen molar-refractivity contribution in [2.24, 2.45) is 0 Å². The van der Waals surface area contributed by atoms with E-state index in [1.165, 1.54) is 0 Å². The molecule has 0 amide bonds. The Morgan fingerprint density at radius 2 is 2.08 bits per heavy atom. The highest BCUT2D eigenvalue weighted by Crippen LogP contribution is 2.15. The molecular formula is C9H14ClNO. The van der Waals surface area contributed by atoms with Crippen LogP contribution in [0.4, 0.5) is 0 Å². The van der Waals surface area contributed by atoms with Crippen LogP contribution in [0.2, 0.25) is 5.15 Å². The van der Waals surface area contributed by atoms with Crippen LogP contribution in [-0.2, 0) is 6.61 Å². The van der Waals surface area contributed by atoms with Gasteiger partial charge in [0.2, 0.25) is 0 Å². The summed E-state index contributed by atoms with van der Waals surface area (Å²) in [6.45, 7) is 5.84. The van der Waals surface area contributed by atoms with E-state index in [2.05, 4.69) is 4.98 Å². The number of aryl methyl sites for hydroxylation is 1. The molecule has 0 aliphatic heterocycles. The molecule has 0 radical (unpaired) electrons. The van der Waals surface area contributed by atoms with Crippen LogP contribution in [0, 0.1) is 6.92 Å². The molecule has 3 heteroatoms. The van der Waals surface area contributed by atoms with Gasteiger partial charge in [0.15, 0.2) is 0 Å². The normalized spacial score (nSPS) is 8.75. The third-order valence-corrected chi connectivity index (χ3v) is 1.72. The van der Waals surface area contributed by atoms with Crippen molar-refractivity contribution in [3.63, 3.8) is 0 Å². The first-order chi connectivity index (χ1) is 5.75. The molecule has 1 heterocycles. The maximum absolute atomic E-state index is 8.77. The summed E-state index contributed by atoms with van der Waals surface area (Å²) >= 11 is 5.66. The molecule has 0 aliphatic rings. The van der Waals surface area contributed by atoms with Crippen LogP contribution in [0.15, 0.2) is 12.3 Å². The topological polar surface area (TPSA) is 33.1 Å². The van der Waals surface area contributed by atoms with Crippen LogP contribution in [0.1, 0.15) is 25.0 Å². The Morgan fingerprint density at radius 1 is 1.50 bits per heavy atom. The predicted molar refractivity (Wildman–Crippen MR) is 51.3 cm³/mol. The van der Waals surface area contributed by atoms with Gasteiger partial charge in [-0.1, -0.05) is 25.4 Å². The summed E-state index contributed by atoms with van der Waals surface area (Å²) in [7, 11) is 0. The number of rotatable bonds is 1. The fourth-order valence-corrected chi connectivity index (χ4v) is 1.01. The van der Waals surface area contributed by atoms with Crippen molar-refractivity contribution in [1.82, 2.24) is 4.98 Å². The monoisotopic (exact) mass is 187 g/mol. The quantitative estimate of drug-likeness (QED) is 0.686. The summed E-state index contributed by atoms with van der Waals surface area (Å²) in [5.74, 6) is 0. The van der Waals surface area contributed by atoms with E-state index in [0.717, 1.165) is 5.56 Å². The summed E-state index contributed by atoms with van der Waals surface area (Å²) in [5.41, 5.74) is 1.69. The van der Waals surface area contributed by atoms with E-state index >= 15 is 0 Å². The molecule has 0 atom stereocenters. The minimum absolute atomic E-state index is 0.0431. The van der Waals surface area contributed by atoms with Crippen molar-refractivity contribution < 1.29 is 5.11 Å². The van der Waals surface area contributed by atoms with Crippen molar-refractivity contribution in [2.45, 2.75) is 27.4 Å². The molecule has 0 aliphatic carbocycles. The van der Waals surface area contributed by atoms with E-state index in [1.54, 1.807) is 6.20 Å². The van der Waals surface area contributed by atoms with E-state index in [9.17, 15) is 0 Å². The SMILES string of the molecule is CC.Cc1ccnc(Cl)c1CO. The molecule has 0 bridgehead atoms. The summed E-state index contributed by atoms with van der Waals surface area (Å²) in [5, 5.41) is 9.17. The molecule has 0 fully saturated rings. The van der Waals surface area contributed by atoms with Gasteiger partial charge in [-0.25, -0.2) is 4.98 Å². The van der Waals surface area contributed by atoms with Gasteiger partial charge in [-0.15, -0.1) is 0 Å². The molecule has 0 saturated carbocycles. The number of halogens is 1. The van der Waals surface area contributed by atoms with E-state index in [0.29, 0.717) is 10.7 Å². The third kappa shape index (κ3) is 2.80. The van der Waals surface area contributed by atoms with Crippen LogP contribution in [-0.4, -0.2) is 10.1 Å². The molecule has 68 valence electrons. The minimum Gasteiger partial charge on any atom is -0.392 e. The van der Waals surface area contributed by atoms with Crippen LogP contribution >= 0.6 is 11.6 Å². The average Bonchev–Trinajstić information content (AvgIpc) is 2.08. The number of nitrogens with zero attached hydrogens (tertiary/aromatic N) is 1. The van der Waals surface area contributed by atoms with E-state index in [-0.39, 0.29) is 6.61 Å². The van der Waals surface area contributed by atoms with E-state index in [1.807, 2.05) is 26.8 Å². The lowest BCUT2D eigenvalue weighted by Gasteiger charge is -2.01.